The van der Waals surface area contributed by atoms with E-state index in [1.807, 2.05) is 0 Å². The first kappa shape index (κ1) is 34.3. The lowest BCUT2D eigenvalue weighted by Gasteiger charge is -2.07. The van der Waals surface area contributed by atoms with Gasteiger partial charge in [0.2, 0.25) is 11.8 Å². The van der Waals surface area contributed by atoms with Gasteiger partial charge in [0, 0.05) is 12.8 Å². The van der Waals surface area contributed by atoms with Crippen LogP contribution in [0.4, 0.5) is 0 Å². The Bertz CT molecular complexity index is 472. The smallest absolute Gasteiger partial charge is 0.296 e. The Morgan fingerprint density at radius 1 is 0.424 bits per heavy atom. The van der Waals surface area contributed by atoms with Gasteiger partial charge in [0.1, 0.15) is 0 Å². The number of nitrogens with one attached hydrogen (secondary N) is 1. The summed E-state index contributed by atoms with van der Waals surface area (Å²) >= 11 is 35.2. The highest BCUT2D eigenvalue weighted by atomic mass is 35.8. The van der Waals surface area contributed by atoms with Crippen LogP contribution in [0.25, 0.3) is 0 Å². The van der Waals surface area contributed by atoms with Crippen molar-refractivity contribution in [1.82, 2.24) is 5.32 Å². The molecule has 0 unspecified atom stereocenters. The van der Waals surface area contributed by atoms with Gasteiger partial charge in [-0.15, -0.1) is 66.5 Å². The molecule has 0 aliphatic heterocycles. The number of imide groups is 1. The SMILES string of the molecule is O=C(CCCCCCCCCC[Si](Cl)(Cl)Cl)NC(=O)CCCCCCCCCC[Si](Cl)(Cl)Cl. The van der Waals surface area contributed by atoms with Crippen LogP contribution >= 0.6 is 66.5 Å². The third-order valence-corrected chi connectivity index (χ3v) is 10.7. The number of hydrogen-bond acceptors (Lipinski definition) is 2. The second-order valence-corrected chi connectivity index (χ2v) is 27.4. The molecule has 2 amide bonds. The molecule has 0 rings (SSSR count). The van der Waals surface area contributed by atoms with Crippen LogP contribution in [0.5, 0.6) is 0 Å². The molecule has 0 fully saturated rings. The van der Waals surface area contributed by atoms with Crippen molar-refractivity contribution in [1.29, 1.82) is 0 Å². The van der Waals surface area contributed by atoms with E-state index < -0.39 is 12.0 Å². The van der Waals surface area contributed by atoms with E-state index in [4.69, 9.17) is 66.5 Å². The zero-order valence-corrected chi connectivity index (χ0v) is 26.3. The summed E-state index contributed by atoms with van der Waals surface area (Å²) in [4.78, 5) is 23.8. The van der Waals surface area contributed by atoms with E-state index >= 15 is 0 Å². The number of hydrogen-bond donors (Lipinski definition) is 1. The molecule has 0 saturated heterocycles. The van der Waals surface area contributed by atoms with Gasteiger partial charge in [0.15, 0.2) is 0 Å². The van der Waals surface area contributed by atoms with Crippen molar-refractivity contribution in [3.63, 3.8) is 0 Å². The van der Waals surface area contributed by atoms with Gasteiger partial charge >= 0.3 is 12.0 Å². The number of unbranched alkanes of at least 4 members (excludes halogenated alkanes) is 14. The second kappa shape index (κ2) is 21.4. The van der Waals surface area contributed by atoms with Gasteiger partial charge in [0.05, 0.1) is 0 Å². The summed E-state index contributed by atoms with van der Waals surface area (Å²) in [6, 6.07) is -3.40. The van der Waals surface area contributed by atoms with Crippen molar-refractivity contribution in [3.8, 4) is 0 Å². The Kier molecular flexibility index (Phi) is 22.3. The van der Waals surface area contributed by atoms with Crippen LogP contribution in [-0.2, 0) is 9.59 Å². The lowest BCUT2D eigenvalue weighted by Crippen LogP contribution is -2.29. The van der Waals surface area contributed by atoms with E-state index in [0.717, 1.165) is 76.3 Å². The number of amides is 2. The molecule has 1 N–H and O–H groups in total. The van der Waals surface area contributed by atoms with Gasteiger partial charge < -0.3 is 0 Å². The van der Waals surface area contributed by atoms with Crippen molar-refractivity contribution in [3.05, 3.63) is 0 Å². The standard InChI is InChI=1S/C22H41Cl6NO2Si2/c23-32(24,25)19-15-11-7-3-1-5-9-13-17-21(30)29-22(31)18-14-10-6-2-4-8-12-16-20-33(26,27)28/h1-20H2,(H,29,30,31). The minimum atomic E-state index is -2.44. The van der Waals surface area contributed by atoms with Crippen molar-refractivity contribution < 1.29 is 9.59 Å². The lowest BCUT2D eigenvalue weighted by atomic mass is 10.1. The molecular formula is C22H41Cl6NO2Si2. The maximum atomic E-state index is 11.9. The molecule has 0 aromatic heterocycles. The maximum Gasteiger partial charge on any atom is 0.341 e. The summed E-state index contributed by atoms with van der Waals surface area (Å²) in [5.41, 5.74) is 0. The van der Waals surface area contributed by atoms with Crippen LogP contribution in [0.3, 0.4) is 0 Å². The fourth-order valence-electron chi connectivity index (χ4n) is 3.62. The first-order chi connectivity index (χ1) is 15.5. The van der Waals surface area contributed by atoms with E-state index in [0.29, 0.717) is 12.8 Å². The quantitative estimate of drug-likeness (QED) is 0.0744. The van der Waals surface area contributed by atoms with Crippen molar-refractivity contribution in [2.24, 2.45) is 0 Å². The molecule has 0 atom stereocenters. The molecule has 0 bridgehead atoms. The molecule has 0 aliphatic rings. The topological polar surface area (TPSA) is 46.2 Å². The summed E-state index contributed by atoms with van der Waals surface area (Å²) < 4.78 is 0. The van der Waals surface area contributed by atoms with E-state index in [1.165, 1.54) is 38.5 Å². The highest BCUT2D eigenvalue weighted by molar-refractivity contribution is 7.65. The Balaban J connectivity index is 3.39. The van der Waals surface area contributed by atoms with Gasteiger partial charge in [-0.05, 0) is 24.9 Å². The fraction of sp³-hybridized carbons (Fsp3) is 0.909. The number of halogens is 6. The molecule has 0 saturated carbocycles. The molecule has 0 aromatic carbocycles. The van der Waals surface area contributed by atoms with Crippen LogP contribution in [0.1, 0.15) is 116 Å². The largest absolute Gasteiger partial charge is 0.341 e. The number of carbonyl (C=O) groups excluding carboxylic acids is 2. The monoisotopic (exact) mass is 617 g/mol. The maximum absolute atomic E-state index is 11.9. The van der Waals surface area contributed by atoms with Crippen LogP contribution < -0.4 is 5.32 Å². The highest BCUT2D eigenvalue weighted by Crippen LogP contribution is 2.28. The summed E-state index contributed by atoms with van der Waals surface area (Å²) in [5, 5.41) is 2.52. The summed E-state index contributed by atoms with van der Waals surface area (Å²) in [7, 11) is 0. The Morgan fingerprint density at radius 2 is 0.667 bits per heavy atom. The first-order valence-corrected chi connectivity index (χ1v) is 22.9. The van der Waals surface area contributed by atoms with Crippen LogP contribution in [0.2, 0.25) is 12.1 Å². The Labute approximate surface area is 231 Å². The predicted molar refractivity (Wildman–Crippen MR) is 152 cm³/mol. The summed E-state index contributed by atoms with van der Waals surface area (Å²) in [6.45, 7) is 0. The number of carbonyl (C=O) groups is 2. The van der Waals surface area contributed by atoms with Gasteiger partial charge in [-0.25, -0.2) is 0 Å². The lowest BCUT2D eigenvalue weighted by molar-refractivity contribution is -0.130. The number of rotatable bonds is 22. The van der Waals surface area contributed by atoms with E-state index in [1.54, 1.807) is 0 Å². The highest BCUT2D eigenvalue weighted by Gasteiger charge is 2.24. The molecule has 0 aliphatic carbocycles. The van der Waals surface area contributed by atoms with E-state index in [2.05, 4.69) is 5.32 Å². The van der Waals surface area contributed by atoms with Gasteiger partial charge in [0.25, 0.3) is 0 Å². The molecule has 196 valence electrons. The van der Waals surface area contributed by atoms with Crippen molar-refractivity contribution >= 4 is 90.3 Å². The third-order valence-electron chi connectivity index (χ3n) is 5.51. The summed E-state index contributed by atoms with van der Waals surface area (Å²) in [5.74, 6) is -0.289. The molecule has 0 aromatic rings. The van der Waals surface area contributed by atoms with Gasteiger partial charge in [-0.2, -0.15) is 0 Å². The first-order valence-electron chi connectivity index (χ1n) is 12.5. The zero-order chi connectivity index (χ0) is 25.0. The Morgan fingerprint density at radius 3 is 0.939 bits per heavy atom. The molecule has 0 radical (unpaired) electrons. The third kappa shape index (κ3) is 29.4. The Hall–Kier alpha value is 1.31. The molecular weight excluding hydrogens is 579 g/mol. The molecule has 33 heavy (non-hydrogen) atoms. The van der Waals surface area contributed by atoms with Crippen LogP contribution in [0, 0.1) is 0 Å². The van der Waals surface area contributed by atoms with Crippen molar-refractivity contribution in [2.75, 3.05) is 0 Å². The normalized spacial score (nSPS) is 12.2. The predicted octanol–water partition coefficient (Wildman–Crippen LogP) is 9.96. The van der Waals surface area contributed by atoms with Gasteiger partial charge in [-0.1, -0.05) is 89.9 Å². The average molecular weight is 620 g/mol. The molecule has 0 spiro atoms. The zero-order valence-electron chi connectivity index (χ0n) is 19.7. The van der Waals surface area contributed by atoms with E-state index in [9.17, 15) is 9.59 Å². The minimum absolute atomic E-state index is 0.145. The van der Waals surface area contributed by atoms with Gasteiger partial charge in [-0.3, -0.25) is 14.9 Å². The molecule has 3 nitrogen and oxygen atoms in total. The second-order valence-electron chi connectivity index (χ2n) is 8.86. The van der Waals surface area contributed by atoms with Crippen LogP contribution in [-0.4, -0.2) is 23.8 Å². The fourth-order valence-corrected chi connectivity index (χ4v) is 7.33. The van der Waals surface area contributed by atoms with Crippen LogP contribution in [0.15, 0.2) is 0 Å². The molecule has 0 heterocycles. The molecule has 11 heteroatoms. The van der Waals surface area contributed by atoms with Crippen molar-refractivity contribution in [2.45, 2.75) is 128 Å². The average Bonchev–Trinajstić information content (AvgIpc) is 2.69. The minimum Gasteiger partial charge on any atom is -0.296 e. The van der Waals surface area contributed by atoms with E-state index in [-0.39, 0.29) is 11.8 Å². The summed E-state index contributed by atoms with van der Waals surface area (Å²) in [6.07, 6.45) is 18.1.